The maximum absolute atomic E-state index is 4.12. The summed E-state index contributed by atoms with van der Waals surface area (Å²) in [4.78, 5) is 4.12. The van der Waals surface area contributed by atoms with Gasteiger partial charge in [0, 0.05) is 24.6 Å². The Kier molecular flexibility index (Phi) is 5.42. The van der Waals surface area contributed by atoms with E-state index in [0.717, 1.165) is 13.0 Å². The number of benzene rings is 1. The summed E-state index contributed by atoms with van der Waals surface area (Å²) in [6, 6.07) is 12.9. The summed E-state index contributed by atoms with van der Waals surface area (Å²) in [5.74, 6) is 0. The number of nitrogens with one attached hydrogen (secondary N) is 1. The van der Waals surface area contributed by atoms with Gasteiger partial charge in [-0.2, -0.15) is 0 Å². The Hall–Kier alpha value is -1.83. The van der Waals surface area contributed by atoms with E-state index in [1.807, 2.05) is 18.5 Å². The summed E-state index contributed by atoms with van der Waals surface area (Å²) in [6.07, 6.45) is 8.46. The van der Waals surface area contributed by atoms with Crippen LogP contribution in [0.25, 0.3) is 0 Å². The molecule has 1 N–H and O–H groups in total. The minimum Gasteiger partial charge on any atom is -0.385 e. The van der Waals surface area contributed by atoms with Crippen LogP contribution in [0.3, 0.4) is 0 Å². The number of pyridine rings is 1. The molecule has 2 aromatic rings. The molecule has 0 fully saturated rings. The molecular formula is C17H22N2. The topological polar surface area (TPSA) is 24.9 Å². The summed E-state index contributed by atoms with van der Waals surface area (Å²) in [6.45, 7) is 3.17. The lowest BCUT2D eigenvalue weighted by Gasteiger charge is -2.07. The van der Waals surface area contributed by atoms with E-state index in [0.29, 0.717) is 0 Å². The number of aryl methyl sites for hydroxylation is 1. The molecule has 1 aromatic carbocycles. The maximum Gasteiger partial charge on any atom is 0.0340 e. The molecule has 0 aliphatic heterocycles. The molecule has 1 heterocycles. The number of aromatic nitrogens is 1. The van der Waals surface area contributed by atoms with Gasteiger partial charge in [-0.1, -0.05) is 31.5 Å². The molecule has 0 saturated heterocycles. The molecule has 0 radical (unpaired) electrons. The van der Waals surface area contributed by atoms with E-state index in [2.05, 4.69) is 47.6 Å². The van der Waals surface area contributed by atoms with E-state index in [1.165, 1.54) is 36.1 Å². The van der Waals surface area contributed by atoms with Crippen LogP contribution in [-0.2, 0) is 12.8 Å². The van der Waals surface area contributed by atoms with Crippen molar-refractivity contribution in [2.24, 2.45) is 0 Å². The first kappa shape index (κ1) is 13.6. The van der Waals surface area contributed by atoms with Crippen LogP contribution in [0.15, 0.2) is 48.8 Å². The summed E-state index contributed by atoms with van der Waals surface area (Å²) in [5.41, 5.74) is 3.90. The molecule has 0 saturated carbocycles. The van der Waals surface area contributed by atoms with E-state index >= 15 is 0 Å². The third-order valence-corrected chi connectivity index (χ3v) is 3.24. The zero-order valence-electron chi connectivity index (χ0n) is 11.6. The molecule has 19 heavy (non-hydrogen) atoms. The maximum atomic E-state index is 4.12. The largest absolute Gasteiger partial charge is 0.385 e. The van der Waals surface area contributed by atoms with E-state index in [1.54, 1.807) is 0 Å². The van der Waals surface area contributed by atoms with Crippen molar-refractivity contribution in [3.63, 3.8) is 0 Å². The second-order valence-electron chi connectivity index (χ2n) is 4.84. The highest BCUT2D eigenvalue weighted by atomic mass is 14.9. The Bertz CT molecular complexity index is 462. The Morgan fingerprint density at radius 2 is 1.84 bits per heavy atom. The number of nitrogens with zero attached hydrogens (tertiary/aromatic N) is 1. The molecule has 2 nitrogen and oxygen atoms in total. The lowest BCUT2D eigenvalue weighted by Crippen LogP contribution is -2.04. The minimum absolute atomic E-state index is 0.944. The summed E-state index contributed by atoms with van der Waals surface area (Å²) >= 11 is 0. The lowest BCUT2D eigenvalue weighted by molar-refractivity contribution is 0.795. The van der Waals surface area contributed by atoms with Gasteiger partial charge in [-0.3, -0.25) is 4.98 Å². The Balaban J connectivity index is 1.77. The smallest absolute Gasteiger partial charge is 0.0340 e. The van der Waals surface area contributed by atoms with Crippen LogP contribution in [0.1, 0.15) is 30.9 Å². The SMILES string of the molecule is CCCCc1ccc(NCCc2cccnc2)cc1. The van der Waals surface area contributed by atoms with Crippen LogP contribution in [0.2, 0.25) is 0 Å². The lowest BCUT2D eigenvalue weighted by atomic mass is 10.1. The average Bonchev–Trinajstić information content (AvgIpc) is 2.47. The van der Waals surface area contributed by atoms with E-state index in [4.69, 9.17) is 0 Å². The fourth-order valence-corrected chi connectivity index (χ4v) is 2.07. The number of anilines is 1. The van der Waals surface area contributed by atoms with Crippen molar-refractivity contribution in [2.75, 3.05) is 11.9 Å². The van der Waals surface area contributed by atoms with Crippen LogP contribution in [-0.4, -0.2) is 11.5 Å². The molecule has 0 unspecified atom stereocenters. The van der Waals surface area contributed by atoms with Crippen molar-refractivity contribution in [3.8, 4) is 0 Å². The standard InChI is InChI=1S/C17H22N2/c1-2-3-5-15-7-9-17(10-8-15)19-13-11-16-6-4-12-18-14-16/h4,6-10,12,14,19H,2-3,5,11,13H2,1H3. The van der Waals surface area contributed by atoms with Gasteiger partial charge in [0.05, 0.1) is 0 Å². The molecule has 0 aliphatic rings. The molecule has 1 aromatic heterocycles. The van der Waals surface area contributed by atoms with E-state index in [9.17, 15) is 0 Å². The molecule has 0 amide bonds. The molecule has 0 bridgehead atoms. The molecule has 0 aliphatic carbocycles. The average molecular weight is 254 g/mol. The summed E-state index contributed by atoms with van der Waals surface area (Å²) < 4.78 is 0. The van der Waals surface area contributed by atoms with Gasteiger partial charge in [0.25, 0.3) is 0 Å². The van der Waals surface area contributed by atoms with Crippen molar-refractivity contribution in [3.05, 3.63) is 59.9 Å². The monoisotopic (exact) mass is 254 g/mol. The van der Waals surface area contributed by atoms with Gasteiger partial charge in [0.15, 0.2) is 0 Å². The van der Waals surface area contributed by atoms with Crippen LogP contribution < -0.4 is 5.32 Å². The first-order valence-corrected chi connectivity index (χ1v) is 7.10. The van der Waals surface area contributed by atoms with Crippen molar-refractivity contribution in [1.82, 2.24) is 4.98 Å². The number of hydrogen-bond acceptors (Lipinski definition) is 2. The summed E-state index contributed by atoms with van der Waals surface area (Å²) in [5, 5.41) is 3.45. The van der Waals surface area contributed by atoms with Crippen molar-refractivity contribution in [1.29, 1.82) is 0 Å². The fourth-order valence-electron chi connectivity index (χ4n) is 2.07. The van der Waals surface area contributed by atoms with Gasteiger partial charge in [-0.25, -0.2) is 0 Å². The molecular weight excluding hydrogens is 232 g/mol. The molecule has 0 atom stereocenters. The third kappa shape index (κ3) is 4.74. The normalized spacial score (nSPS) is 10.4. The Morgan fingerprint density at radius 3 is 2.53 bits per heavy atom. The summed E-state index contributed by atoms with van der Waals surface area (Å²) in [7, 11) is 0. The zero-order valence-corrected chi connectivity index (χ0v) is 11.6. The highest BCUT2D eigenvalue weighted by molar-refractivity contribution is 5.44. The van der Waals surface area contributed by atoms with Crippen LogP contribution >= 0.6 is 0 Å². The molecule has 2 rings (SSSR count). The van der Waals surface area contributed by atoms with Crippen LogP contribution in [0, 0.1) is 0 Å². The fraction of sp³-hybridized carbons (Fsp3) is 0.353. The molecule has 100 valence electrons. The quantitative estimate of drug-likeness (QED) is 0.805. The minimum atomic E-state index is 0.944. The van der Waals surface area contributed by atoms with Crippen LogP contribution in [0.4, 0.5) is 5.69 Å². The van der Waals surface area contributed by atoms with Gasteiger partial charge in [-0.05, 0) is 48.6 Å². The second kappa shape index (κ2) is 7.57. The van der Waals surface area contributed by atoms with Gasteiger partial charge in [-0.15, -0.1) is 0 Å². The van der Waals surface area contributed by atoms with Gasteiger partial charge in [0.2, 0.25) is 0 Å². The van der Waals surface area contributed by atoms with Crippen molar-refractivity contribution >= 4 is 5.69 Å². The third-order valence-electron chi connectivity index (χ3n) is 3.24. The number of hydrogen-bond donors (Lipinski definition) is 1. The Labute approximate surface area is 115 Å². The van der Waals surface area contributed by atoms with Gasteiger partial charge in [0.1, 0.15) is 0 Å². The van der Waals surface area contributed by atoms with Crippen molar-refractivity contribution in [2.45, 2.75) is 32.6 Å². The number of rotatable bonds is 7. The highest BCUT2D eigenvalue weighted by Gasteiger charge is 1.95. The zero-order chi connectivity index (χ0) is 13.3. The van der Waals surface area contributed by atoms with Gasteiger partial charge >= 0.3 is 0 Å². The van der Waals surface area contributed by atoms with E-state index < -0.39 is 0 Å². The highest BCUT2D eigenvalue weighted by Crippen LogP contribution is 2.11. The predicted molar refractivity (Wildman–Crippen MR) is 81.5 cm³/mol. The molecule has 2 heteroatoms. The van der Waals surface area contributed by atoms with Gasteiger partial charge < -0.3 is 5.32 Å². The second-order valence-corrected chi connectivity index (χ2v) is 4.84. The number of unbranched alkanes of at least 4 members (excludes halogenated alkanes) is 1. The van der Waals surface area contributed by atoms with E-state index in [-0.39, 0.29) is 0 Å². The molecule has 0 spiro atoms. The van der Waals surface area contributed by atoms with Crippen LogP contribution in [0.5, 0.6) is 0 Å². The van der Waals surface area contributed by atoms with Crippen molar-refractivity contribution < 1.29 is 0 Å². The first-order chi connectivity index (χ1) is 9.38. The predicted octanol–water partition coefficient (Wildman–Crippen LogP) is 4.08. The Morgan fingerprint density at radius 1 is 1.00 bits per heavy atom. The first-order valence-electron chi connectivity index (χ1n) is 7.10.